The molecule has 1 aromatic carbocycles. The first-order valence-corrected chi connectivity index (χ1v) is 6.79. The maximum atomic E-state index is 12.4. The molecule has 98 valence electrons. The van der Waals surface area contributed by atoms with Gasteiger partial charge in [-0.1, -0.05) is 24.3 Å². The summed E-state index contributed by atoms with van der Waals surface area (Å²) in [7, 11) is 0. The topological polar surface area (TPSA) is 54.9 Å². The number of anilines is 1. The second kappa shape index (κ2) is 5.38. The number of carbonyl (C=O) groups is 1. The number of aromatic nitrogens is 2. The molecule has 1 amide bonds. The molecular weight excluding hydrogens is 318 g/mol. The van der Waals surface area contributed by atoms with Gasteiger partial charge in [-0.15, -0.1) is 0 Å². The summed E-state index contributed by atoms with van der Waals surface area (Å²) in [6.07, 6.45) is 4.89. The molecule has 2 aromatic heterocycles. The minimum atomic E-state index is -0.242. The number of halogens is 1. The molecule has 0 bridgehead atoms. The highest BCUT2D eigenvalue weighted by Crippen LogP contribution is 2.22. The fourth-order valence-corrected chi connectivity index (χ4v) is 2.31. The van der Waals surface area contributed by atoms with E-state index in [-0.39, 0.29) is 5.91 Å². The van der Waals surface area contributed by atoms with E-state index < -0.39 is 0 Å². The molecule has 20 heavy (non-hydrogen) atoms. The summed E-state index contributed by atoms with van der Waals surface area (Å²) in [5.41, 5.74) is 1.08. The van der Waals surface area contributed by atoms with E-state index in [2.05, 4.69) is 31.2 Å². The molecule has 1 N–H and O–H groups in total. The first kappa shape index (κ1) is 12.7. The molecule has 4 nitrogen and oxygen atoms in total. The van der Waals surface area contributed by atoms with Crippen molar-refractivity contribution < 1.29 is 4.79 Å². The van der Waals surface area contributed by atoms with Gasteiger partial charge in [-0.3, -0.25) is 14.8 Å². The Morgan fingerprint density at radius 3 is 2.80 bits per heavy atom. The Hall–Kier alpha value is -2.27. The number of fused-ring (bicyclic) bond motifs is 1. The summed E-state index contributed by atoms with van der Waals surface area (Å²) >= 11 is 3.35. The van der Waals surface area contributed by atoms with Crippen LogP contribution in [-0.2, 0) is 0 Å². The third-order valence-corrected chi connectivity index (χ3v) is 3.54. The van der Waals surface area contributed by atoms with Crippen LogP contribution in [0.25, 0.3) is 10.8 Å². The zero-order valence-corrected chi connectivity index (χ0v) is 12.0. The molecule has 0 atom stereocenters. The van der Waals surface area contributed by atoms with E-state index in [0.29, 0.717) is 11.4 Å². The molecule has 3 rings (SSSR count). The molecule has 0 unspecified atom stereocenters. The molecule has 2 heterocycles. The average Bonchev–Trinajstić information content (AvgIpc) is 2.49. The van der Waals surface area contributed by atoms with Gasteiger partial charge < -0.3 is 5.32 Å². The lowest BCUT2D eigenvalue weighted by atomic mass is 10.1. The van der Waals surface area contributed by atoms with Gasteiger partial charge in [-0.2, -0.15) is 0 Å². The number of carbonyl (C=O) groups excluding carboxylic acids is 1. The Bertz CT molecular complexity index is 783. The Morgan fingerprint density at radius 2 is 1.95 bits per heavy atom. The van der Waals surface area contributed by atoms with E-state index >= 15 is 0 Å². The normalized spacial score (nSPS) is 10.4. The first-order valence-electron chi connectivity index (χ1n) is 6.00. The quantitative estimate of drug-likeness (QED) is 0.781. The summed E-state index contributed by atoms with van der Waals surface area (Å²) in [5, 5.41) is 4.65. The fraction of sp³-hybridized carbons (Fsp3) is 0. The number of nitrogens with zero attached hydrogens (tertiary/aromatic N) is 2. The van der Waals surface area contributed by atoms with Crippen LogP contribution in [0.2, 0.25) is 0 Å². The number of rotatable bonds is 2. The Balaban J connectivity index is 1.99. The summed E-state index contributed by atoms with van der Waals surface area (Å²) < 4.78 is 0.730. The van der Waals surface area contributed by atoms with Crippen molar-refractivity contribution in [2.75, 3.05) is 5.32 Å². The summed E-state index contributed by atoms with van der Waals surface area (Å²) in [4.78, 5) is 20.5. The standard InChI is InChI=1S/C15H10BrN3O/c16-12-9-17-7-6-13(12)19-15(20)14-11-4-2-1-3-10(11)5-8-18-14/h1-9H,(H,17,19,20). The predicted molar refractivity (Wildman–Crippen MR) is 81.6 cm³/mol. The third-order valence-electron chi connectivity index (χ3n) is 2.91. The summed E-state index contributed by atoms with van der Waals surface area (Å²) in [6.45, 7) is 0. The van der Waals surface area contributed by atoms with Crippen LogP contribution in [0.15, 0.2) is 59.5 Å². The van der Waals surface area contributed by atoms with E-state index in [4.69, 9.17) is 0 Å². The maximum Gasteiger partial charge on any atom is 0.274 e. The third kappa shape index (κ3) is 2.40. The molecule has 0 saturated heterocycles. The van der Waals surface area contributed by atoms with Crippen molar-refractivity contribution in [2.24, 2.45) is 0 Å². The Kier molecular flexibility index (Phi) is 3.43. The lowest BCUT2D eigenvalue weighted by Crippen LogP contribution is -2.14. The summed E-state index contributed by atoms with van der Waals surface area (Å²) in [6, 6.07) is 11.3. The van der Waals surface area contributed by atoms with E-state index in [1.807, 2.05) is 30.3 Å². The van der Waals surface area contributed by atoms with Gasteiger partial charge in [0, 0.05) is 24.0 Å². The summed E-state index contributed by atoms with van der Waals surface area (Å²) in [5.74, 6) is -0.242. The number of hydrogen-bond acceptors (Lipinski definition) is 3. The van der Waals surface area contributed by atoms with Gasteiger partial charge >= 0.3 is 0 Å². The number of nitrogens with one attached hydrogen (secondary N) is 1. The largest absolute Gasteiger partial charge is 0.319 e. The second-order valence-corrected chi connectivity index (χ2v) is 5.04. The van der Waals surface area contributed by atoms with Gasteiger partial charge in [0.25, 0.3) is 5.91 Å². The molecule has 0 aliphatic rings. The van der Waals surface area contributed by atoms with Gasteiger partial charge in [0.15, 0.2) is 0 Å². The maximum absolute atomic E-state index is 12.4. The van der Waals surface area contributed by atoms with Crippen molar-refractivity contribution in [3.63, 3.8) is 0 Å². The van der Waals surface area contributed by atoms with E-state index in [0.717, 1.165) is 15.2 Å². The van der Waals surface area contributed by atoms with Gasteiger partial charge in [-0.25, -0.2) is 0 Å². The molecule has 3 aromatic rings. The highest BCUT2D eigenvalue weighted by molar-refractivity contribution is 9.10. The highest BCUT2D eigenvalue weighted by atomic mass is 79.9. The lowest BCUT2D eigenvalue weighted by molar-refractivity contribution is 0.102. The average molecular weight is 328 g/mol. The van der Waals surface area contributed by atoms with E-state index in [1.54, 1.807) is 24.7 Å². The molecule has 0 spiro atoms. The molecule has 0 aliphatic carbocycles. The van der Waals surface area contributed by atoms with Gasteiger partial charge in [0.1, 0.15) is 5.69 Å². The van der Waals surface area contributed by atoms with Crippen LogP contribution < -0.4 is 5.32 Å². The molecule has 5 heteroatoms. The van der Waals surface area contributed by atoms with Crippen LogP contribution in [0.5, 0.6) is 0 Å². The van der Waals surface area contributed by atoms with Crippen molar-refractivity contribution in [1.82, 2.24) is 9.97 Å². The lowest BCUT2D eigenvalue weighted by Gasteiger charge is -2.08. The monoisotopic (exact) mass is 327 g/mol. The minimum absolute atomic E-state index is 0.242. The highest BCUT2D eigenvalue weighted by Gasteiger charge is 2.12. The van der Waals surface area contributed by atoms with E-state index in [9.17, 15) is 4.79 Å². The van der Waals surface area contributed by atoms with Crippen LogP contribution >= 0.6 is 15.9 Å². The van der Waals surface area contributed by atoms with Crippen molar-refractivity contribution >= 4 is 38.3 Å². The molecular formula is C15H10BrN3O. The smallest absolute Gasteiger partial charge is 0.274 e. The molecule has 0 radical (unpaired) electrons. The predicted octanol–water partition coefficient (Wildman–Crippen LogP) is 3.64. The van der Waals surface area contributed by atoms with Crippen LogP contribution in [-0.4, -0.2) is 15.9 Å². The number of hydrogen-bond donors (Lipinski definition) is 1. The second-order valence-electron chi connectivity index (χ2n) is 4.19. The zero-order chi connectivity index (χ0) is 13.9. The van der Waals surface area contributed by atoms with E-state index in [1.165, 1.54) is 0 Å². The van der Waals surface area contributed by atoms with Crippen LogP contribution in [0.1, 0.15) is 10.5 Å². The number of pyridine rings is 2. The molecule has 0 aliphatic heterocycles. The SMILES string of the molecule is O=C(Nc1ccncc1Br)c1nccc2ccccc12. The zero-order valence-electron chi connectivity index (χ0n) is 10.4. The van der Waals surface area contributed by atoms with Crippen LogP contribution in [0.4, 0.5) is 5.69 Å². The van der Waals surface area contributed by atoms with Crippen molar-refractivity contribution in [3.8, 4) is 0 Å². The van der Waals surface area contributed by atoms with Crippen LogP contribution in [0, 0.1) is 0 Å². The Labute approximate surface area is 124 Å². The van der Waals surface area contributed by atoms with Crippen molar-refractivity contribution in [1.29, 1.82) is 0 Å². The van der Waals surface area contributed by atoms with Crippen molar-refractivity contribution in [2.45, 2.75) is 0 Å². The van der Waals surface area contributed by atoms with Gasteiger partial charge in [0.05, 0.1) is 10.2 Å². The minimum Gasteiger partial charge on any atom is -0.319 e. The van der Waals surface area contributed by atoms with Gasteiger partial charge in [-0.05, 0) is 33.4 Å². The number of benzene rings is 1. The first-order chi connectivity index (χ1) is 9.75. The number of amides is 1. The molecule has 0 saturated carbocycles. The fourth-order valence-electron chi connectivity index (χ4n) is 1.96. The van der Waals surface area contributed by atoms with Crippen LogP contribution in [0.3, 0.4) is 0 Å². The van der Waals surface area contributed by atoms with Crippen molar-refractivity contribution in [3.05, 3.63) is 65.2 Å². The molecule has 0 fully saturated rings. The Morgan fingerprint density at radius 1 is 1.10 bits per heavy atom. The van der Waals surface area contributed by atoms with Gasteiger partial charge in [0.2, 0.25) is 0 Å².